The molecule has 1 fully saturated rings. The van der Waals surface area contributed by atoms with E-state index in [1.165, 1.54) is 11.1 Å². The van der Waals surface area contributed by atoms with Crippen LogP contribution in [0.3, 0.4) is 0 Å². The molecule has 156 valence electrons. The minimum Gasteiger partial charge on any atom is -0.341 e. The number of hydrogen-bond acceptors (Lipinski definition) is 3. The van der Waals surface area contributed by atoms with E-state index < -0.39 is 0 Å². The van der Waals surface area contributed by atoms with Crippen molar-refractivity contribution in [3.05, 3.63) is 83.7 Å². The second-order valence-corrected chi connectivity index (χ2v) is 8.07. The molecule has 0 saturated carbocycles. The lowest BCUT2D eigenvalue weighted by molar-refractivity contribution is -0.131. The van der Waals surface area contributed by atoms with Crippen LogP contribution in [-0.4, -0.2) is 51.7 Å². The molecule has 2 aromatic carbocycles. The number of benzene rings is 2. The molecule has 0 N–H and O–H groups in total. The first-order valence-corrected chi connectivity index (χ1v) is 10.8. The number of amides is 1. The van der Waals surface area contributed by atoms with Crippen molar-refractivity contribution in [2.24, 2.45) is 0 Å². The standard InChI is InChI=1S/C25H30N4O/c1-21-8-5-6-9-23(21)20-27-14-7-15-28(17-16-27)25(30)13-12-22-18-26-29(19-22)24-10-3-2-4-11-24/h2-6,8-11,18-19H,7,12-17,20H2,1H3. The van der Waals surface area contributed by atoms with Crippen LogP contribution in [0.5, 0.6) is 0 Å². The summed E-state index contributed by atoms with van der Waals surface area (Å²) in [5.74, 6) is 0.250. The summed E-state index contributed by atoms with van der Waals surface area (Å²) >= 11 is 0. The average Bonchev–Trinajstić information content (AvgIpc) is 3.13. The van der Waals surface area contributed by atoms with Gasteiger partial charge in [0.15, 0.2) is 0 Å². The van der Waals surface area contributed by atoms with Gasteiger partial charge < -0.3 is 4.90 Å². The zero-order valence-corrected chi connectivity index (χ0v) is 17.7. The van der Waals surface area contributed by atoms with Gasteiger partial charge in [-0.25, -0.2) is 4.68 Å². The molecule has 1 aliphatic heterocycles. The highest BCUT2D eigenvalue weighted by molar-refractivity contribution is 5.76. The molecule has 1 aliphatic rings. The number of aryl methyl sites for hydroxylation is 2. The first-order valence-electron chi connectivity index (χ1n) is 10.8. The Labute approximate surface area is 178 Å². The Kier molecular flexibility index (Phi) is 6.60. The van der Waals surface area contributed by atoms with E-state index in [1.54, 1.807) is 0 Å². The Morgan fingerprint density at radius 2 is 1.77 bits per heavy atom. The van der Waals surface area contributed by atoms with Crippen molar-refractivity contribution in [1.82, 2.24) is 19.6 Å². The van der Waals surface area contributed by atoms with Gasteiger partial charge in [0.25, 0.3) is 0 Å². The van der Waals surface area contributed by atoms with Gasteiger partial charge in [0.2, 0.25) is 5.91 Å². The molecule has 0 atom stereocenters. The largest absolute Gasteiger partial charge is 0.341 e. The smallest absolute Gasteiger partial charge is 0.222 e. The minimum atomic E-state index is 0.250. The number of carbonyl (C=O) groups is 1. The topological polar surface area (TPSA) is 41.4 Å². The van der Waals surface area contributed by atoms with Crippen LogP contribution in [0.2, 0.25) is 0 Å². The van der Waals surface area contributed by atoms with E-state index in [9.17, 15) is 4.79 Å². The molecule has 1 saturated heterocycles. The fourth-order valence-corrected chi connectivity index (χ4v) is 4.03. The van der Waals surface area contributed by atoms with Crippen LogP contribution in [0, 0.1) is 6.92 Å². The molecule has 2 heterocycles. The predicted molar refractivity (Wildman–Crippen MR) is 120 cm³/mol. The molecular weight excluding hydrogens is 372 g/mol. The van der Waals surface area contributed by atoms with E-state index in [4.69, 9.17) is 0 Å². The summed E-state index contributed by atoms with van der Waals surface area (Å²) in [6, 6.07) is 18.6. The molecular formula is C25H30N4O. The Morgan fingerprint density at radius 1 is 0.967 bits per heavy atom. The average molecular weight is 403 g/mol. The molecule has 0 spiro atoms. The fraction of sp³-hybridized carbons (Fsp3) is 0.360. The number of hydrogen-bond donors (Lipinski definition) is 0. The van der Waals surface area contributed by atoms with Crippen molar-refractivity contribution >= 4 is 5.91 Å². The summed E-state index contributed by atoms with van der Waals surface area (Å²) in [4.78, 5) is 17.3. The van der Waals surface area contributed by atoms with Crippen LogP contribution < -0.4 is 0 Å². The molecule has 5 heteroatoms. The van der Waals surface area contributed by atoms with Crippen LogP contribution in [0.4, 0.5) is 0 Å². The fourth-order valence-electron chi connectivity index (χ4n) is 4.03. The minimum absolute atomic E-state index is 0.250. The van der Waals surface area contributed by atoms with Gasteiger partial charge in [-0.15, -0.1) is 0 Å². The molecule has 0 aliphatic carbocycles. The zero-order chi connectivity index (χ0) is 20.8. The Bertz CT molecular complexity index is 966. The second-order valence-electron chi connectivity index (χ2n) is 8.07. The van der Waals surface area contributed by atoms with Crippen LogP contribution in [-0.2, 0) is 17.8 Å². The van der Waals surface area contributed by atoms with Gasteiger partial charge in [0.1, 0.15) is 0 Å². The molecule has 5 nitrogen and oxygen atoms in total. The van der Waals surface area contributed by atoms with Crippen LogP contribution in [0.25, 0.3) is 5.69 Å². The Morgan fingerprint density at radius 3 is 2.60 bits per heavy atom. The first kappa shape index (κ1) is 20.4. The summed E-state index contributed by atoms with van der Waals surface area (Å²) in [5.41, 5.74) is 4.86. The quantitative estimate of drug-likeness (QED) is 0.629. The van der Waals surface area contributed by atoms with Gasteiger partial charge >= 0.3 is 0 Å². The number of nitrogens with zero attached hydrogens (tertiary/aromatic N) is 4. The van der Waals surface area contributed by atoms with Gasteiger partial charge in [-0.3, -0.25) is 9.69 Å². The van der Waals surface area contributed by atoms with Crippen molar-refractivity contribution < 1.29 is 4.79 Å². The second kappa shape index (κ2) is 9.72. The van der Waals surface area contributed by atoms with Crippen molar-refractivity contribution in [3.63, 3.8) is 0 Å². The SMILES string of the molecule is Cc1ccccc1CN1CCCN(C(=O)CCc2cnn(-c3ccccc3)c2)CC1. The maximum atomic E-state index is 12.8. The highest BCUT2D eigenvalue weighted by Crippen LogP contribution is 2.14. The third kappa shape index (κ3) is 5.16. The molecule has 3 aromatic rings. The third-order valence-corrected chi connectivity index (χ3v) is 5.88. The van der Waals surface area contributed by atoms with Crippen molar-refractivity contribution in [2.45, 2.75) is 32.7 Å². The van der Waals surface area contributed by atoms with E-state index in [0.29, 0.717) is 6.42 Å². The summed E-state index contributed by atoms with van der Waals surface area (Å²) < 4.78 is 1.87. The van der Waals surface area contributed by atoms with Gasteiger partial charge in [0, 0.05) is 45.3 Å². The highest BCUT2D eigenvalue weighted by atomic mass is 16.2. The van der Waals surface area contributed by atoms with Gasteiger partial charge in [-0.2, -0.15) is 5.10 Å². The van der Waals surface area contributed by atoms with E-state index in [2.05, 4.69) is 41.2 Å². The van der Waals surface area contributed by atoms with Gasteiger partial charge in [0.05, 0.1) is 11.9 Å². The van der Waals surface area contributed by atoms with E-state index in [0.717, 1.165) is 56.8 Å². The monoisotopic (exact) mass is 402 g/mol. The van der Waals surface area contributed by atoms with Crippen molar-refractivity contribution in [1.29, 1.82) is 0 Å². The number of aromatic nitrogens is 2. The van der Waals surface area contributed by atoms with E-state index >= 15 is 0 Å². The normalized spacial score (nSPS) is 15.2. The van der Waals surface area contributed by atoms with Crippen molar-refractivity contribution in [2.75, 3.05) is 26.2 Å². The maximum absolute atomic E-state index is 12.8. The lowest BCUT2D eigenvalue weighted by Crippen LogP contribution is -2.35. The first-order chi connectivity index (χ1) is 14.7. The number of carbonyl (C=O) groups excluding carboxylic acids is 1. The third-order valence-electron chi connectivity index (χ3n) is 5.88. The molecule has 4 rings (SSSR count). The molecule has 0 bridgehead atoms. The highest BCUT2D eigenvalue weighted by Gasteiger charge is 2.19. The van der Waals surface area contributed by atoms with Gasteiger partial charge in [-0.1, -0.05) is 42.5 Å². The lowest BCUT2D eigenvalue weighted by atomic mass is 10.1. The van der Waals surface area contributed by atoms with E-state index in [1.807, 2.05) is 52.3 Å². The van der Waals surface area contributed by atoms with Crippen LogP contribution in [0.15, 0.2) is 67.0 Å². The number of rotatable bonds is 6. The molecule has 0 radical (unpaired) electrons. The van der Waals surface area contributed by atoms with E-state index in [-0.39, 0.29) is 5.91 Å². The Hall–Kier alpha value is -2.92. The lowest BCUT2D eigenvalue weighted by Gasteiger charge is -2.22. The Balaban J connectivity index is 1.27. The zero-order valence-electron chi connectivity index (χ0n) is 17.7. The van der Waals surface area contributed by atoms with Crippen LogP contribution >= 0.6 is 0 Å². The summed E-state index contributed by atoms with van der Waals surface area (Å²) in [5, 5.41) is 4.43. The molecule has 0 unspecified atom stereocenters. The molecule has 30 heavy (non-hydrogen) atoms. The maximum Gasteiger partial charge on any atom is 0.222 e. The summed E-state index contributed by atoms with van der Waals surface area (Å²) in [6.45, 7) is 6.78. The van der Waals surface area contributed by atoms with Crippen LogP contribution in [0.1, 0.15) is 29.5 Å². The van der Waals surface area contributed by atoms with Gasteiger partial charge in [-0.05, 0) is 48.6 Å². The summed E-state index contributed by atoms with van der Waals surface area (Å²) in [6.07, 6.45) is 6.19. The predicted octanol–water partition coefficient (Wildman–Crippen LogP) is 3.85. The molecule has 1 amide bonds. The van der Waals surface area contributed by atoms with Crippen molar-refractivity contribution in [3.8, 4) is 5.69 Å². The number of para-hydroxylation sites is 1. The summed E-state index contributed by atoms with van der Waals surface area (Å²) in [7, 11) is 0. The molecule has 1 aromatic heterocycles.